The monoisotopic (exact) mass is 295 g/mol. The van der Waals surface area contributed by atoms with E-state index >= 15 is 0 Å². The lowest BCUT2D eigenvalue weighted by atomic mass is 10.2. The van der Waals surface area contributed by atoms with Crippen LogP contribution < -0.4 is 10.4 Å². The Labute approximate surface area is 129 Å². The summed E-state index contributed by atoms with van der Waals surface area (Å²) in [4.78, 5) is 0. The van der Waals surface area contributed by atoms with Gasteiger partial charge in [-0.2, -0.15) is 0 Å². The SMILES string of the molecule is CC(C)(C)[Si]([CH][C@H]1CO1)(c1ccccc1)c1ccccc1. The molecule has 0 saturated carbocycles. The highest BCUT2D eigenvalue weighted by Crippen LogP contribution is 2.40. The Morgan fingerprint density at radius 3 is 1.67 bits per heavy atom. The molecule has 1 aliphatic heterocycles. The van der Waals surface area contributed by atoms with E-state index in [-0.39, 0.29) is 5.04 Å². The molecular formula is C19H23OSi. The van der Waals surface area contributed by atoms with Gasteiger partial charge in [0.05, 0.1) is 12.7 Å². The maximum absolute atomic E-state index is 5.58. The van der Waals surface area contributed by atoms with Gasteiger partial charge >= 0.3 is 0 Å². The van der Waals surface area contributed by atoms with Crippen molar-refractivity contribution in [3.63, 3.8) is 0 Å². The number of ether oxygens (including phenoxy) is 1. The Morgan fingerprint density at radius 2 is 1.33 bits per heavy atom. The van der Waals surface area contributed by atoms with Crippen LogP contribution in [0.3, 0.4) is 0 Å². The van der Waals surface area contributed by atoms with Gasteiger partial charge in [0, 0.05) is 0 Å². The van der Waals surface area contributed by atoms with Crippen molar-refractivity contribution in [1.82, 2.24) is 0 Å². The molecule has 0 unspecified atom stereocenters. The van der Waals surface area contributed by atoms with Crippen LogP contribution in [-0.4, -0.2) is 20.8 Å². The summed E-state index contributed by atoms with van der Waals surface area (Å²) >= 11 is 0. The number of hydrogen-bond acceptors (Lipinski definition) is 1. The number of hydrogen-bond donors (Lipinski definition) is 0. The van der Waals surface area contributed by atoms with Crippen molar-refractivity contribution in [1.29, 1.82) is 0 Å². The molecule has 1 radical (unpaired) electrons. The minimum absolute atomic E-state index is 0.196. The van der Waals surface area contributed by atoms with Gasteiger partial charge in [-0.05, 0) is 11.1 Å². The lowest BCUT2D eigenvalue weighted by Gasteiger charge is -2.44. The average molecular weight is 295 g/mol. The van der Waals surface area contributed by atoms with Crippen molar-refractivity contribution in [2.45, 2.75) is 31.9 Å². The molecule has 109 valence electrons. The summed E-state index contributed by atoms with van der Waals surface area (Å²) in [5, 5.41) is 3.14. The van der Waals surface area contributed by atoms with E-state index < -0.39 is 8.07 Å². The van der Waals surface area contributed by atoms with Crippen molar-refractivity contribution in [2.75, 3.05) is 6.61 Å². The zero-order valence-corrected chi connectivity index (χ0v) is 14.0. The van der Waals surface area contributed by atoms with E-state index in [4.69, 9.17) is 4.74 Å². The summed E-state index contributed by atoms with van der Waals surface area (Å²) in [6.45, 7) is 8.00. The standard InChI is InChI=1S/C19H23OSi/c1-19(2,3)21(15-16-14-20-16,17-10-6-4-7-11-17)18-12-8-5-9-13-18/h4-13,15-16H,14H2,1-3H3/t16-/m1/s1. The zero-order valence-electron chi connectivity index (χ0n) is 13.0. The molecule has 2 aromatic carbocycles. The Hall–Kier alpha value is -1.38. The van der Waals surface area contributed by atoms with Crippen LogP contribution >= 0.6 is 0 Å². The lowest BCUT2D eigenvalue weighted by molar-refractivity contribution is 0.434. The minimum Gasteiger partial charge on any atom is -0.373 e. The normalized spacial score (nSPS) is 18.5. The maximum atomic E-state index is 5.58. The van der Waals surface area contributed by atoms with Crippen LogP contribution in [0.1, 0.15) is 20.8 Å². The van der Waals surface area contributed by atoms with Crippen molar-refractivity contribution < 1.29 is 4.74 Å². The van der Waals surface area contributed by atoms with Crippen LogP contribution in [0.15, 0.2) is 60.7 Å². The fourth-order valence-corrected chi connectivity index (χ4v) is 8.44. The first-order chi connectivity index (χ1) is 10.0. The zero-order chi connectivity index (χ0) is 14.9. The molecule has 2 aromatic rings. The third-order valence-electron chi connectivity index (χ3n) is 4.44. The van der Waals surface area contributed by atoms with Gasteiger partial charge < -0.3 is 4.74 Å². The molecule has 1 aliphatic rings. The molecule has 0 N–H and O–H groups in total. The summed E-state index contributed by atoms with van der Waals surface area (Å²) in [5.74, 6) is 0. The van der Waals surface area contributed by atoms with E-state index in [1.165, 1.54) is 10.4 Å². The highest BCUT2D eigenvalue weighted by molar-refractivity contribution is 7.07. The van der Waals surface area contributed by atoms with Gasteiger partial charge in [-0.15, -0.1) is 0 Å². The maximum Gasteiger partial charge on any atom is 0.129 e. The van der Waals surface area contributed by atoms with Gasteiger partial charge in [-0.3, -0.25) is 0 Å². The fourth-order valence-electron chi connectivity index (χ4n) is 3.31. The summed E-state index contributed by atoms with van der Waals surface area (Å²) < 4.78 is 5.58. The molecule has 0 aliphatic carbocycles. The van der Waals surface area contributed by atoms with E-state index in [1.54, 1.807) is 0 Å². The summed E-state index contributed by atoms with van der Waals surface area (Å²) in [7, 11) is -2.00. The largest absolute Gasteiger partial charge is 0.373 e. The third kappa shape index (κ3) is 2.70. The van der Waals surface area contributed by atoms with Gasteiger partial charge in [0.1, 0.15) is 8.07 Å². The molecule has 1 fully saturated rings. The topological polar surface area (TPSA) is 12.5 Å². The van der Waals surface area contributed by atoms with Crippen molar-refractivity contribution in [3.8, 4) is 0 Å². The Morgan fingerprint density at radius 1 is 0.905 bits per heavy atom. The molecule has 21 heavy (non-hydrogen) atoms. The first-order valence-corrected chi connectivity index (χ1v) is 9.70. The predicted octanol–water partition coefficient (Wildman–Crippen LogP) is 3.19. The van der Waals surface area contributed by atoms with Crippen LogP contribution in [-0.2, 0) is 4.74 Å². The molecular weight excluding hydrogens is 272 g/mol. The second-order valence-corrected chi connectivity index (χ2v) is 11.4. The van der Waals surface area contributed by atoms with Crippen LogP contribution in [0.25, 0.3) is 0 Å². The predicted molar refractivity (Wildman–Crippen MR) is 91.7 cm³/mol. The van der Waals surface area contributed by atoms with Crippen molar-refractivity contribution in [2.24, 2.45) is 0 Å². The number of rotatable bonds is 4. The lowest BCUT2D eigenvalue weighted by Crippen LogP contribution is -2.65. The summed E-state index contributed by atoms with van der Waals surface area (Å²) in [5.41, 5.74) is 0. The average Bonchev–Trinajstić information content (AvgIpc) is 3.29. The number of benzene rings is 2. The molecule has 0 bridgehead atoms. The molecule has 1 nitrogen and oxygen atoms in total. The van der Waals surface area contributed by atoms with E-state index in [0.29, 0.717) is 6.10 Å². The Balaban J connectivity index is 2.20. The Bertz CT molecular complexity index is 542. The third-order valence-corrected chi connectivity index (χ3v) is 10.2. The van der Waals surface area contributed by atoms with Crippen LogP contribution in [0.5, 0.6) is 0 Å². The molecule has 1 heterocycles. The van der Waals surface area contributed by atoms with E-state index in [2.05, 4.69) is 87.5 Å². The Kier molecular flexibility index (Phi) is 3.76. The first kappa shape index (κ1) is 14.5. The van der Waals surface area contributed by atoms with Crippen molar-refractivity contribution in [3.05, 3.63) is 66.7 Å². The van der Waals surface area contributed by atoms with Crippen LogP contribution in [0.2, 0.25) is 5.04 Å². The van der Waals surface area contributed by atoms with Crippen LogP contribution in [0, 0.1) is 6.04 Å². The quantitative estimate of drug-likeness (QED) is 0.623. The van der Waals surface area contributed by atoms with E-state index in [9.17, 15) is 0 Å². The molecule has 1 saturated heterocycles. The van der Waals surface area contributed by atoms with E-state index in [0.717, 1.165) is 6.61 Å². The van der Waals surface area contributed by atoms with Crippen LogP contribution in [0.4, 0.5) is 0 Å². The molecule has 3 rings (SSSR count). The molecule has 0 amide bonds. The highest BCUT2D eigenvalue weighted by Gasteiger charge is 2.50. The number of epoxide rings is 1. The first-order valence-electron chi connectivity index (χ1n) is 7.63. The molecule has 2 heteroatoms. The van der Waals surface area contributed by atoms with E-state index in [1.807, 2.05) is 0 Å². The van der Waals surface area contributed by atoms with Gasteiger partial charge in [0.2, 0.25) is 0 Å². The second-order valence-electron chi connectivity index (χ2n) is 6.83. The summed E-state index contributed by atoms with van der Waals surface area (Å²) in [6, 6.07) is 24.6. The van der Waals surface area contributed by atoms with Gasteiger partial charge in [0.25, 0.3) is 0 Å². The summed E-state index contributed by atoms with van der Waals surface area (Å²) in [6.07, 6.45) is 0.330. The fraction of sp³-hybridized carbons (Fsp3) is 0.316. The second kappa shape index (κ2) is 5.43. The van der Waals surface area contributed by atoms with Gasteiger partial charge in [0.15, 0.2) is 0 Å². The van der Waals surface area contributed by atoms with Gasteiger partial charge in [-0.1, -0.05) is 91.8 Å². The highest BCUT2D eigenvalue weighted by atomic mass is 28.3. The van der Waals surface area contributed by atoms with Gasteiger partial charge in [-0.25, -0.2) is 0 Å². The smallest absolute Gasteiger partial charge is 0.129 e. The molecule has 1 atom stereocenters. The molecule has 0 spiro atoms. The minimum atomic E-state index is -2.00. The molecule has 0 aromatic heterocycles. The van der Waals surface area contributed by atoms with Crippen molar-refractivity contribution >= 4 is 18.4 Å².